The van der Waals surface area contributed by atoms with Gasteiger partial charge in [0.15, 0.2) is 0 Å². The summed E-state index contributed by atoms with van der Waals surface area (Å²) in [7, 11) is 0. The summed E-state index contributed by atoms with van der Waals surface area (Å²) in [4.78, 5) is 2.39. The third-order valence-electron chi connectivity index (χ3n) is 3.77. The number of likely N-dealkylation sites (N-methyl/N-ethyl adjacent to an activating group) is 1. The highest BCUT2D eigenvalue weighted by atomic mass is 16.5. The van der Waals surface area contributed by atoms with E-state index in [1.54, 1.807) is 0 Å². The molecule has 1 N–H and O–H groups in total. The summed E-state index contributed by atoms with van der Waals surface area (Å²) >= 11 is 0. The Bertz CT molecular complexity index is 375. The quantitative estimate of drug-likeness (QED) is 0.634. The van der Waals surface area contributed by atoms with E-state index in [4.69, 9.17) is 4.74 Å². The molecule has 0 unspecified atom stereocenters. The minimum absolute atomic E-state index is 0.544. The molecule has 0 spiro atoms. The number of rotatable bonds is 11. The maximum absolute atomic E-state index is 5.86. The molecule has 1 rings (SSSR count). The molecular formula is C18H32N2O. The predicted octanol–water partition coefficient (Wildman–Crippen LogP) is 3.09. The number of ether oxygens (including phenoxy) is 1. The molecule has 120 valence electrons. The molecule has 0 atom stereocenters. The Labute approximate surface area is 130 Å². The Morgan fingerprint density at radius 3 is 2.38 bits per heavy atom. The molecule has 0 aliphatic rings. The van der Waals surface area contributed by atoms with Crippen LogP contribution in [0.3, 0.4) is 0 Å². The monoisotopic (exact) mass is 292 g/mol. The average Bonchev–Trinajstić information content (AvgIpc) is 2.48. The van der Waals surface area contributed by atoms with E-state index in [0.717, 1.165) is 45.8 Å². The van der Waals surface area contributed by atoms with Crippen molar-refractivity contribution in [3.63, 3.8) is 0 Å². The Morgan fingerprint density at radius 2 is 1.76 bits per heavy atom. The van der Waals surface area contributed by atoms with E-state index in [1.165, 1.54) is 11.1 Å². The maximum atomic E-state index is 5.86. The molecule has 3 nitrogen and oxygen atoms in total. The number of hydrogen-bond acceptors (Lipinski definition) is 3. The van der Waals surface area contributed by atoms with Gasteiger partial charge < -0.3 is 15.0 Å². The van der Waals surface area contributed by atoms with Crippen LogP contribution in [0, 0.1) is 0 Å². The second-order valence-corrected chi connectivity index (χ2v) is 5.71. The topological polar surface area (TPSA) is 24.5 Å². The van der Waals surface area contributed by atoms with E-state index >= 15 is 0 Å². The third kappa shape index (κ3) is 7.60. The van der Waals surface area contributed by atoms with Crippen molar-refractivity contribution in [2.24, 2.45) is 0 Å². The molecular weight excluding hydrogens is 260 g/mol. The van der Waals surface area contributed by atoms with Gasteiger partial charge >= 0.3 is 0 Å². The van der Waals surface area contributed by atoms with Gasteiger partial charge in [0, 0.05) is 12.6 Å². The normalized spacial score (nSPS) is 11.5. The molecule has 0 amide bonds. The fourth-order valence-electron chi connectivity index (χ4n) is 2.35. The van der Waals surface area contributed by atoms with Gasteiger partial charge in [0.1, 0.15) is 0 Å². The zero-order valence-electron chi connectivity index (χ0n) is 14.2. The number of hydrogen-bond donors (Lipinski definition) is 1. The van der Waals surface area contributed by atoms with E-state index in [1.807, 2.05) is 0 Å². The smallest absolute Gasteiger partial charge is 0.0720 e. The van der Waals surface area contributed by atoms with Crippen molar-refractivity contribution in [3.8, 4) is 0 Å². The minimum Gasteiger partial charge on any atom is -0.375 e. The molecule has 0 radical (unpaired) electrons. The molecule has 1 aromatic rings. The molecule has 1 aromatic carbocycles. The van der Waals surface area contributed by atoms with Crippen LogP contribution in [0.4, 0.5) is 0 Å². The summed E-state index contributed by atoms with van der Waals surface area (Å²) < 4.78 is 5.86. The van der Waals surface area contributed by atoms with Crippen LogP contribution < -0.4 is 5.32 Å². The fourth-order valence-corrected chi connectivity index (χ4v) is 2.35. The largest absolute Gasteiger partial charge is 0.375 e. The Balaban J connectivity index is 2.36. The number of nitrogens with one attached hydrogen (secondary N) is 1. The average molecular weight is 292 g/mol. The second-order valence-electron chi connectivity index (χ2n) is 5.71. The van der Waals surface area contributed by atoms with E-state index in [2.05, 4.69) is 62.2 Å². The first kappa shape index (κ1) is 18.1. The number of benzene rings is 1. The van der Waals surface area contributed by atoms with Crippen molar-refractivity contribution >= 4 is 0 Å². The van der Waals surface area contributed by atoms with E-state index in [9.17, 15) is 0 Å². The maximum Gasteiger partial charge on any atom is 0.0720 e. The molecule has 0 saturated carbocycles. The van der Waals surface area contributed by atoms with Crippen LogP contribution in [0.25, 0.3) is 0 Å². The van der Waals surface area contributed by atoms with Gasteiger partial charge in [0.25, 0.3) is 0 Å². The molecule has 21 heavy (non-hydrogen) atoms. The zero-order chi connectivity index (χ0) is 15.5. The summed E-state index contributed by atoms with van der Waals surface area (Å²) in [5, 5.41) is 3.47. The van der Waals surface area contributed by atoms with Gasteiger partial charge in [-0.3, -0.25) is 0 Å². The molecule has 0 aliphatic heterocycles. The van der Waals surface area contributed by atoms with Crippen molar-refractivity contribution in [3.05, 3.63) is 35.4 Å². The molecule has 0 bridgehead atoms. The Hall–Kier alpha value is -0.900. The van der Waals surface area contributed by atoms with Crippen LogP contribution >= 0.6 is 0 Å². The first-order chi connectivity index (χ1) is 10.2. The Kier molecular flexibility index (Phi) is 9.31. The molecule has 0 saturated heterocycles. The number of nitrogens with zero attached hydrogens (tertiary/aromatic N) is 1. The van der Waals surface area contributed by atoms with Crippen molar-refractivity contribution in [2.75, 3.05) is 32.8 Å². The highest BCUT2D eigenvalue weighted by molar-refractivity contribution is 5.26. The lowest BCUT2D eigenvalue weighted by atomic mass is 10.1. The van der Waals surface area contributed by atoms with E-state index < -0.39 is 0 Å². The van der Waals surface area contributed by atoms with Gasteiger partial charge in [0.05, 0.1) is 13.2 Å². The van der Waals surface area contributed by atoms with Gasteiger partial charge in [-0.2, -0.15) is 0 Å². The fraction of sp³-hybridized carbons (Fsp3) is 0.667. The van der Waals surface area contributed by atoms with Gasteiger partial charge in [-0.05, 0) is 37.2 Å². The van der Waals surface area contributed by atoms with Crippen molar-refractivity contribution < 1.29 is 4.74 Å². The highest BCUT2D eigenvalue weighted by Crippen LogP contribution is 2.10. The lowest BCUT2D eigenvalue weighted by Gasteiger charge is -2.18. The van der Waals surface area contributed by atoms with Crippen LogP contribution in [0.15, 0.2) is 24.3 Å². The Morgan fingerprint density at radius 1 is 1.10 bits per heavy atom. The summed E-state index contributed by atoms with van der Waals surface area (Å²) in [6, 6.07) is 9.15. The van der Waals surface area contributed by atoms with Crippen LogP contribution in [-0.4, -0.2) is 43.7 Å². The summed E-state index contributed by atoms with van der Waals surface area (Å²) in [6.07, 6.45) is 1.06. The van der Waals surface area contributed by atoms with Crippen molar-refractivity contribution in [1.82, 2.24) is 10.2 Å². The molecule has 0 heterocycles. The summed E-state index contributed by atoms with van der Waals surface area (Å²) in [5.41, 5.74) is 2.72. The SMILES string of the molecule is CCN(CC)CCOCc1ccccc1CCNC(C)C. The predicted molar refractivity (Wildman–Crippen MR) is 90.7 cm³/mol. The van der Waals surface area contributed by atoms with E-state index in [-0.39, 0.29) is 0 Å². The van der Waals surface area contributed by atoms with E-state index in [0.29, 0.717) is 6.04 Å². The van der Waals surface area contributed by atoms with Gasteiger partial charge in [0.2, 0.25) is 0 Å². The molecule has 3 heteroatoms. The zero-order valence-corrected chi connectivity index (χ0v) is 14.2. The highest BCUT2D eigenvalue weighted by Gasteiger charge is 2.03. The second kappa shape index (κ2) is 10.8. The lowest BCUT2D eigenvalue weighted by Crippen LogP contribution is -2.27. The van der Waals surface area contributed by atoms with Gasteiger partial charge in [-0.25, -0.2) is 0 Å². The molecule has 0 aliphatic carbocycles. The standard InChI is InChI=1S/C18H32N2O/c1-5-20(6-2)13-14-21-15-18-10-8-7-9-17(18)11-12-19-16(3)4/h7-10,16,19H,5-6,11-15H2,1-4H3. The molecule has 0 fully saturated rings. The van der Waals surface area contributed by atoms with Crippen LogP contribution in [0.2, 0.25) is 0 Å². The van der Waals surface area contributed by atoms with Crippen molar-refractivity contribution in [1.29, 1.82) is 0 Å². The van der Waals surface area contributed by atoms with Crippen LogP contribution in [-0.2, 0) is 17.8 Å². The van der Waals surface area contributed by atoms with Crippen LogP contribution in [0.5, 0.6) is 0 Å². The van der Waals surface area contributed by atoms with Gasteiger partial charge in [-0.1, -0.05) is 52.0 Å². The summed E-state index contributed by atoms with van der Waals surface area (Å²) in [6.45, 7) is 14.5. The first-order valence-electron chi connectivity index (χ1n) is 8.27. The lowest BCUT2D eigenvalue weighted by molar-refractivity contribution is 0.0952. The van der Waals surface area contributed by atoms with Gasteiger partial charge in [-0.15, -0.1) is 0 Å². The summed E-state index contributed by atoms with van der Waals surface area (Å²) in [5.74, 6) is 0. The van der Waals surface area contributed by atoms with Crippen LogP contribution in [0.1, 0.15) is 38.8 Å². The minimum atomic E-state index is 0.544. The third-order valence-corrected chi connectivity index (χ3v) is 3.77. The first-order valence-corrected chi connectivity index (χ1v) is 8.27. The van der Waals surface area contributed by atoms with Crippen molar-refractivity contribution in [2.45, 2.75) is 46.8 Å². The molecule has 0 aromatic heterocycles.